The van der Waals surface area contributed by atoms with Crippen LogP contribution in [-0.4, -0.2) is 4.98 Å². The first-order valence-electron chi connectivity index (χ1n) is 10.4. The highest BCUT2D eigenvalue weighted by Gasteiger charge is 2.51. The van der Waals surface area contributed by atoms with Gasteiger partial charge in [-0.2, -0.15) is 0 Å². The molecule has 0 amide bonds. The number of fused-ring (bicyclic) bond motifs is 1. The summed E-state index contributed by atoms with van der Waals surface area (Å²) < 4.78 is 0. The third-order valence-electron chi connectivity index (χ3n) is 6.14. The maximum absolute atomic E-state index is 3.51. The number of para-hydroxylation sites is 1. The predicted octanol–water partition coefficient (Wildman–Crippen LogP) is 6.22. The van der Waals surface area contributed by atoms with Gasteiger partial charge >= 0.3 is 0 Å². The third-order valence-corrected chi connectivity index (χ3v) is 10.9. The van der Waals surface area contributed by atoms with Gasteiger partial charge in [-0.25, -0.2) is 0 Å². The van der Waals surface area contributed by atoms with E-state index in [1.807, 2.05) is 0 Å². The van der Waals surface area contributed by atoms with Crippen molar-refractivity contribution in [2.45, 2.75) is 12.6 Å². The molecule has 0 aliphatic rings. The summed E-state index contributed by atoms with van der Waals surface area (Å²) in [5.74, 6) is 0. The average Bonchev–Trinajstić information content (AvgIpc) is 3.26. The molecular formula is C28H25NP+. The van der Waals surface area contributed by atoms with Crippen molar-refractivity contribution in [1.82, 2.24) is 4.98 Å². The SMILES string of the molecule is CC(c1c[nH]c2ccccc12)[P+](c1ccccc1)(c1ccccc1)c1ccccc1. The molecule has 1 atom stereocenters. The van der Waals surface area contributed by atoms with Crippen LogP contribution in [0.25, 0.3) is 10.9 Å². The van der Waals surface area contributed by atoms with Crippen molar-refractivity contribution in [3.05, 3.63) is 127 Å². The van der Waals surface area contributed by atoms with Crippen molar-refractivity contribution >= 4 is 34.1 Å². The van der Waals surface area contributed by atoms with E-state index in [4.69, 9.17) is 0 Å². The molecule has 5 rings (SSSR count). The third kappa shape index (κ3) is 2.98. The second kappa shape index (κ2) is 7.94. The van der Waals surface area contributed by atoms with Crippen LogP contribution < -0.4 is 15.9 Å². The summed E-state index contributed by atoms with van der Waals surface area (Å²) in [6.07, 6.45) is 2.22. The van der Waals surface area contributed by atoms with Gasteiger partial charge in [0.15, 0.2) is 0 Å². The van der Waals surface area contributed by atoms with Crippen LogP contribution in [0.1, 0.15) is 18.1 Å². The van der Waals surface area contributed by atoms with Gasteiger partial charge in [-0.3, -0.25) is 0 Å². The van der Waals surface area contributed by atoms with E-state index >= 15 is 0 Å². The minimum absolute atomic E-state index is 0.320. The Morgan fingerprint density at radius 2 is 1.00 bits per heavy atom. The molecule has 1 nitrogen and oxygen atoms in total. The molecule has 0 aliphatic carbocycles. The van der Waals surface area contributed by atoms with E-state index < -0.39 is 7.26 Å². The molecule has 0 spiro atoms. The van der Waals surface area contributed by atoms with Crippen molar-refractivity contribution in [3.8, 4) is 0 Å². The zero-order valence-corrected chi connectivity index (χ0v) is 18.0. The van der Waals surface area contributed by atoms with Crippen LogP contribution in [-0.2, 0) is 0 Å². The van der Waals surface area contributed by atoms with Gasteiger partial charge in [-0.15, -0.1) is 0 Å². The molecular weight excluding hydrogens is 381 g/mol. The summed E-state index contributed by atoms with van der Waals surface area (Å²) >= 11 is 0. The predicted molar refractivity (Wildman–Crippen MR) is 132 cm³/mol. The number of aromatic nitrogens is 1. The normalized spacial score (nSPS) is 12.7. The first kappa shape index (κ1) is 18.9. The summed E-state index contributed by atoms with van der Waals surface area (Å²) in [7, 11) is -1.96. The summed E-state index contributed by atoms with van der Waals surface area (Å²) in [6.45, 7) is 2.41. The van der Waals surface area contributed by atoms with Crippen LogP contribution in [0.15, 0.2) is 121 Å². The highest BCUT2D eigenvalue weighted by molar-refractivity contribution is 7.96. The lowest BCUT2D eigenvalue weighted by molar-refractivity contribution is 1.09. The number of rotatable bonds is 5. The number of H-pyrrole nitrogens is 1. The minimum Gasteiger partial charge on any atom is -0.361 e. The van der Waals surface area contributed by atoms with E-state index in [0.717, 1.165) is 0 Å². The lowest BCUT2D eigenvalue weighted by Crippen LogP contribution is -2.34. The van der Waals surface area contributed by atoms with E-state index in [0.29, 0.717) is 5.66 Å². The number of hydrogen-bond acceptors (Lipinski definition) is 0. The average molecular weight is 406 g/mol. The van der Waals surface area contributed by atoms with Crippen LogP contribution in [0.2, 0.25) is 0 Å². The van der Waals surface area contributed by atoms with Gasteiger partial charge in [0.25, 0.3) is 0 Å². The standard InChI is InChI=1S/C28H25NP/c1-22(27-21-29-28-20-12-11-19-26(27)28)30(23-13-5-2-6-14-23,24-15-7-3-8-16-24)25-17-9-4-10-18-25/h2-22,29H,1H3/q+1. The van der Waals surface area contributed by atoms with E-state index in [-0.39, 0.29) is 0 Å². The Balaban J connectivity index is 1.86. The first-order valence-corrected chi connectivity index (χ1v) is 12.3. The Hall–Kier alpha value is -3.15. The molecule has 0 fully saturated rings. The van der Waals surface area contributed by atoms with Crippen LogP contribution in [0.5, 0.6) is 0 Å². The number of hydrogen-bond donors (Lipinski definition) is 1. The number of aromatic amines is 1. The fraction of sp³-hybridized carbons (Fsp3) is 0.0714. The van der Waals surface area contributed by atoms with E-state index in [2.05, 4.69) is 133 Å². The second-order valence-corrected chi connectivity index (χ2v) is 11.5. The van der Waals surface area contributed by atoms with Crippen LogP contribution >= 0.6 is 7.26 Å². The van der Waals surface area contributed by atoms with Crippen molar-refractivity contribution < 1.29 is 0 Å². The van der Waals surface area contributed by atoms with Gasteiger partial charge < -0.3 is 4.98 Å². The first-order chi connectivity index (χ1) is 14.8. The van der Waals surface area contributed by atoms with Gasteiger partial charge in [0.1, 0.15) is 28.8 Å². The minimum atomic E-state index is -1.96. The quantitative estimate of drug-likeness (QED) is 0.333. The summed E-state index contributed by atoms with van der Waals surface area (Å²) in [5, 5.41) is 5.57. The molecule has 30 heavy (non-hydrogen) atoms. The molecule has 0 saturated heterocycles. The maximum atomic E-state index is 3.51. The Morgan fingerprint density at radius 3 is 1.50 bits per heavy atom. The van der Waals surface area contributed by atoms with Crippen molar-refractivity contribution in [3.63, 3.8) is 0 Å². The Kier molecular flexibility index (Phi) is 4.99. The molecule has 1 N–H and O–H groups in total. The molecule has 2 heteroatoms. The number of nitrogens with one attached hydrogen (secondary N) is 1. The monoisotopic (exact) mass is 406 g/mol. The molecule has 0 saturated carbocycles. The van der Waals surface area contributed by atoms with E-state index in [9.17, 15) is 0 Å². The second-order valence-electron chi connectivity index (χ2n) is 7.69. The smallest absolute Gasteiger partial charge is 0.119 e. The summed E-state index contributed by atoms with van der Waals surface area (Å²) in [5.41, 5.74) is 2.91. The largest absolute Gasteiger partial charge is 0.361 e. The van der Waals surface area contributed by atoms with Crippen molar-refractivity contribution in [2.24, 2.45) is 0 Å². The molecule has 1 heterocycles. The van der Waals surface area contributed by atoms with Crippen molar-refractivity contribution in [1.29, 1.82) is 0 Å². The molecule has 0 radical (unpaired) electrons. The molecule has 1 aromatic heterocycles. The lowest BCUT2D eigenvalue weighted by Gasteiger charge is -2.33. The fourth-order valence-electron chi connectivity index (χ4n) is 4.76. The van der Waals surface area contributed by atoms with Crippen LogP contribution in [0.3, 0.4) is 0 Å². The van der Waals surface area contributed by atoms with Gasteiger partial charge in [0, 0.05) is 22.7 Å². The number of benzene rings is 4. The van der Waals surface area contributed by atoms with Gasteiger partial charge in [-0.1, -0.05) is 72.8 Å². The van der Waals surface area contributed by atoms with Gasteiger partial charge in [-0.05, 0) is 49.4 Å². The highest BCUT2D eigenvalue weighted by Crippen LogP contribution is 2.67. The molecule has 1 unspecified atom stereocenters. The van der Waals surface area contributed by atoms with Gasteiger partial charge in [0.2, 0.25) is 0 Å². The Bertz CT molecular complexity index is 1150. The Labute approximate surface area is 178 Å². The van der Waals surface area contributed by atoms with E-state index in [1.54, 1.807) is 0 Å². The Morgan fingerprint density at radius 1 is 0.567 bits per heavy atom. The lowest BCUT2D eigenvalue weighted by atomic mass is 10.1. The zero-order chi connectivity index (χ0) is 20.4. The fourth-order valence-corrected chi connectivity index (χ4v) is 9.55. The van der Waals surface area contributed by atoms with Crippen LogP contribution in [0, 0.1) is 0 Å². The highest BCUT2D eigenvalue weighted by atomic mass is 31.2. The molecule has 0 bridgehead atoms. The van der Waals surface area contributed by atoms with E-state index in [1.165, 1.54) is 32.4 Å². The zero-order valence-electron chi connectivity index (χ0n) is 17.1. The maximum Gasteiger partial charge on any atom is 0.119 e. The molecule has 0 aliphatic heterocycles. The topological polar surface area (TPSA) is 15.8 Å². The van der Waals surface area contributed by atoms with Gasteiger partial charge in [0.05, 0.1) is 0 Å². The molecule has 5 aromatic rings. The van der Waals surface area contributed by atoms with Crippen LogP contribution in [0.4, 0.5) is 0 Å². The molecule has 4 aromatic carbocycles. The molecule has 146 valence electrons. The summed E-state index contributed by atoms with van der Waals surface area (Å²) in [4.78, 5) is 3.51. The summed E-state index contributed by atoms with van der Waals surface area (Å²) in [6, 6.07) is 42.0. The van der Waals surface area contributed by atoms with Crippen molar-refractivity contribution in [2.75, 3.05) is 0 Å².